The van der Waals surface area contributed by atoms with Crippen molar-refractivity contribution in [2.45, 2.75) is 9.79 Å². The van der Waals surface area contributed by atoms with Crippen molar-refractivity contribution in [2.24, 2.45) is 0 Å². The number of hydrogen-bond donors (Lipinski definition) is 1. The molecule has 0 heterocycles. The van der Waals surface area contributed by atoms with E-state index in [9.17, 15) is 23.7 Å². The van der Waals surface area contributed by atoms with Crippen LogP contribution in [0, 0.1) is 21.7 Å². The van der Waals surface area contributed by atoms with Gasteiger partial charge in [0, 0.05) is 33.2 Å². The summed E-state index contributed by atoms with van der Waals surface area (Å²) in [6, 6.07) is 16.1. The summed E-state index contributed by atoms with van der Waals surface area (Å²) in [4.78, 5) is 24.3. The number of nitro benzene ring substituents is 1. The Bertz CT molecular complexity index is 1010. The Morgan fingerprint density at radius 3 is 2.33 bits per heavy atom. The highest BCUT2D eigenvalue weighted by atomic mass is 32.2. The highest BCUT2D eigenvalue weighted by Crippen LogP contribution is 2.33. The minimum atomic E-state index is -1.15. The molecule has 3 aromatic carbocycles. The van der Waals surface area contributed by atoms with Gasteiger partial charge in [-0.25, -0.2) is 8.78 Å². The summed E-state index contributed by atoms with van der Waals surface area (Å²) in [7, 11) is 0. The molecule has 1 amide bonds. The zero-order valence-corrected chi connectivity index (χ0v) is 14.5. The molecule has 0 radical (unpaired) electrons. The van der Waals surface area contributed by atoms with Gasteiger partial charge in [-0.05, 0) is 36.4 Å². The topological polar surface area (TPSA) is 72.2 Å². The standard InChI is InChI=1S/C19H12F2N2O3S/c20-17-7-6-12(8-18(17)21)19(24)22-13-9-14(23(25)26)11-16(10-13)27-15-4-2-1-3-5-15/h1-11H,(H,22,24). The predicted molar refractivity (Wildman–Crippen MR) is 98.0 cm³/mol. The number of non-ortho nitro benzene ring substituents is 1. The van der Waals surface area contributed by atoms with Gasteiger partial charge in [0.2, 0.25) is 0 Å². The number of carbonyl (C=O) groups excluding carboxylic acids is 1. The molecule has 1 N–H and O–H groups in total. The van der Waals surface area contributed by atoms with E-state index < -0.39 is 22.5 Å². The van der Waals surface area contributed by atoms with Crippen LogP contribution in [0.3, 0.4) is 0 Å². The summed E-state index contributed by atoms with van der Waals surface area (Å²) < 4.78 is 26.3. The van der Waals surface area contributed by atoms with Gasteiger partial charge in [-0.2, -0.15) is 0 Å². The van der Waals surface area contributed by atoms with E-state index in [4.69, 9.17) is 0 Å². The van der Waals surface area contributed by atoms with Crippen molar-refractivity contribution >= 4 is 29.0 Å². The molecular weight excluding hydrogens is 374 g/mol. The van der Waals surface area contributed by atoms with E-state index >= 15 is 0 Å². The molecular formula is C19H12F2N2O3S. The molecule has 0 spiro atoms. The molecule has 136 valence electrons. The zero-order chi connectivity index (χ0) is 19.4. The first kappa shape index (κ1) is 18.5. The van der Waals surface area contributed by atoms with Gasteiger partial charge in [0.05, 0.1) is 4.92 Å². The molecule has 0 saturated heterocycles. The van der Waals surface area contributed by atoms with E-state index in [0.29, 0.717) is 4.90 Å². The molecule has 0 atom stereocenters. The van der Waals surface area contributed by atoms with E-state index in [1.165, 1.54) is 23.9 Å². The van der Waals surface area contributed by atoms with E-state index in [1.807, 2.05) is 30.3 Å². The quantitative estimate of drug-likeness (QED) is 0.479. The van der Waals surface area contributed by atoms with Crippen LogP contribution in [0.5, 0.6) is 0 Å². The van der Waals surface area contributed by atoms with Crippen LogP contribution in [-0.4, -0.2) is 10.8 Å². The van der Waals surface area contributed by atoms with Crippen molar-refractivity contribution in [1.82, 2.24) is 0 Å². The number of carbonyl (C=O) groups is 1. The minimum absolute atomic E-state index is 0.0994. The summed E-state index contributed by atoms with van der Waals surface area (Å²) in [5.41, 5.74) is -0.119. The van der Waals surface area contributed by atoms with E-state index in [0.717, 1.165) is 23.1 Å². The smallest absolute Gasteiger partial charge is 0.272 e. The summed E-state index contributed by atoms with van der Waals surface area (Å²) >= 11 is 1.30. The average Bonchev–Trinajstić information content (AvgIpc) is 2.64. The number of hydrogen-bond acceptors (Lipinski definition) is 4. The van der Waals surface area contributed by atoms with Gasteiger partial charge in [-0.1, -0.05) is 30.0 Å². The molecule has 8 heteroatoms. The summed E-state index contributed by atoms with van der Waals surface area (Å²) in [6.07, 6.45) is 0. The van der Waals surface area contributed by atoms with Crippen LogP contribution in [0.1, 0.15) is 10.4 Å². The second-order valence-electron chi connectivity index (χ2n) is 5.47. The molecule has 0 aliphatic heterocycles. The third-order valence-corrected chi connectivity index (χ3v) is 4.50. The largest absolute Gasteiger partial charge is 0.322 e. The third-order valence-electron chi connectivity index (χ3n) is 3.52. The molecule has 0 aliphatic rings. The van der Waals surface area contributed by atoms with Gasteiger partial charge in [0.1, 0.15) is 0 Å². The Morgan fingerprint density at radius 1 is 0.926 bits per heavy atom. The second-order valence-corrected chi connectivity index (χ2v) is 6.62. The highest BCUT2D eigenvalue weighted by Gasteiger charge is 2.14. The SMILES string of the molecule is O=C(Nc1cc(Sc2ccccc2)cc([N+](=O)[O-])c1)c1ccc(F)c(F)c1. The van der Waals surface area contributed by atoms with Gasteiger partial charge < -0.3 is 5.32 Å². The lowest BCUT2D eigenvalue weighted by Crippen LogP contribution is -2.12. The summed E-state index contributed by atoms with van der Waals surface area (Å²) in [6.45, 7) is 0. The van der Waals surface area contributed by atoms with Crippen LogP contribution in [0.15, 0.2) is 76.5 Å². The Labute approximate surface area is 157 Å². The van der Waals surface area contributed by atoms with Crippen molar-refractivity contribution in [2.75, 3.05) is 5.32 Å². The van der Waals surface area contributed by atoms with E-state index in [-0.39, 0.29) is 16.9 Å². The molecule has 0 saturated carbocycles. The third kappa shape index (κ3) is 4.68. The fourth-order valence-electron chi connectivity index (χ4n) is 2.29. The van der Waals surface area contributed by atoms with Gasteiger partial charge in [-0.3, -0.25) is 14.9 Å². The fraction of sp³-hybridized carbons (Fsp3) is 0. The molecule has 3 rings (SSSR count). The lowest BCUT2D eigenvalue weighted by molar-refractivity contribution is -0.385. The number of nitrogens with zero attached hydrogens (tertiary/aromatic N) is 1. The van der Waals surface area contributed by atoms with Crippen LogP contribution >= 0.6 is 11.8 Å². The van der Waals surface area contributed by atoms with E-state index in [2.05, 4.69) is 5.32 Å². The van der Waals surface area contributed by atoms with Crippen LogP contribution in [0.25, 0.3) is 0 Å². The lowest BCUT2D eigenvalue weighted by Gasteiger charge is -2.08. The van der Waals surface area contributed by atoms with Crippen molar-refractivity contribution in [3.05, 3.63) is 94.0 Å². The normalized spacial score (nSPS) is 10.4. The number of amides is 1. The first-order chi connectivity index (χ1) is 12.9. The van der Waals surface area contributed by atoms with Crippen molar-refractivity contribution in [1.29, 1.82) is 0 Å². The second kappa shape index (κ2) is 7.96. The number of anilines is 1. The Kier molecular flexibility index (Phi) is 5.46. The maximum Gasteiger partial charge on any atom is 0.272 e. The maximum atomic E-state index is 13.3. The van der Waals surface area contributed by atoms with Crippen LogP contribution in [-0.2, 0) is 0 Å². The fourth-order valence-corrected chi connectivity index (χ4v) is 3.22. The summed E-state index contributed by atoms with van der Waals surface area (Å²) in [5, 5.41) is 13.7. The number of rotatable bonds is 5. The molecule has 0 unspecified atom stereocenters. The van der Waals surface area contributed by atoms with Crippen molar-refractivity contribution < 1.29 is 18.5 Å². The van der Waals surface area contributed by atoms with Gasteiger partial charge in [0.15, 0.2) is 11.6 Å². The molecule has 3 aromatic rings. The number of nitro groups is 1. The van der Waals surface area contributed by atoms with E-state index in [1.54, 1.807) is 6.07 Å². The highest BCUT2D eigenvalue weighted by molar-refractivity contribution is 7.99. The van der Waals surface area contributed by atoms with Crippen LogP contribution < -0.4 is 5.32 Å². The molecule has 0 bridgehead atoms. The first-order valence-corrected chi connectivity index (χ1v) is 8.53. The molecule has 27 heavy (non-hydrogen) atoms. The minimum Gasteiger partial charge on any atom is -0.322 e. The van der Waals surface area contributed by atoms with Gasteiger partial charge >= 0.3 is 0 Å². The predicted octanol–water partition coefficient (Wildman–Crippen LogP) is 5.28. The van der Waals surface area contributed by atoms with Crippen LogP contribution in [0.2, 0.25) is 0 Å². The zero-order valence-electron chi connectivity index (χ0n) is 13.7. The summed E-state index contributed by atoms with van der Waals surface area (Å²) in [5.74, 6) is -2.92. The average molecular weight is 386 g/mol. The van der Waals surface area contributed by atoms with Crippen molar-refractivity contribution in [3.63, 3.8) is 0 Å². The molecule has 0 fully saturated rings. The number of halogens is 2. The Morgan fingerprint density at radius 2 is 1.67 bits per heavy atom. The van der Waals surface area contributed by atoms with Crippen LogP contribution in [0.4, 0.5) is 20.2 Å². The molecule has 0 aliphatic carbocycles. The molecule has 5 nitrogen and oxygen atoms in total. The Balaban J connectivity index is 1.88. The van der Waals surface area contributed by atoms with Gasteiger partial charge in [0.25, 0.3) is 11.6 Å². The van der Waals surface area contributed by atoms with Gasteiger partial charge in [-0.15, -0.1) is 0 Å². The Hall–Kier alpha value is -3.26. The lowest BCUT2D eigenvalue weighted by atomic mass is 10.2. The monoisotopic (exact) mass is 386 g/mol. The number of benzene rings is 3. The molecule has 0 aromatic heterocycles. The first-order valence-electron chi connectivity index (χ1n) is 7.71. The maximum absolute atomic E-state index is 13.3. The number of nitrogens with one attached hydrogen (secondary N) is 1. The van der Waals surface area contributed by atoms with Crippen molar-refractivity contribution in [3.8, 4) is 0 Å².